The number of benzene rings is 1. The first-order chi connectivity index (χ1) is 6.48. The highest BCUT2D eigenvalue weighted by molar-refractivity contribution is 5.62. The summed E-state index contributed by atoms with van der Waals surface area (Å²) in [6.07, 6.45) is 1.09. The maximum absolute atomic E-state index is 9.45. The predicted molar refractivity (Wildman–Crippen MR) is 58.9 cm³/mol. The van der Waals surface area contributed by atoms with E-state index in [4.69, 9.17) is 0 Å². The Balaban J connectivity index is 2.43. The molecule has 2 heteroatoms. The van der Waals surface area contributed by atoms with E-state index in [-0.39, 0.29) is 5.54 Å². The van der Waals surface area contributed by atoms with Crippen LogP contribution in [0.2, 0.25) is 0 Å². The van der Waals surface area contributed by atoms with Crippen molar-refractivity contribution in [2.75, 3.05) is 11.4 Å². The van der Waals surface area contributed by atoms with Gasteiger partial charge in [-0.25, -0.2) is 0 Å². The zero-order valence-electron chi connectivity index (χ0n) is 9.04. The van der Waals surface area contributed by atoms with Crippen LogP contribution < -0.4 is 4.90 Å². The lowest BCUT2D eigenvalue weighted by Gasteiger charge is -2.34. The lowest BCUT2D eigenvalue weighted by molar-refractivity contribution is 0.474. The number of nitrogens with zero attached hydrogens (tertiary/aromatic N) is 1. The Morgan fingerprint density at radius 3 is 2.64 bits per heavy atom. The molecular formula is C12H17NO. The maximum Gasteiger partial charge on any atom is 0.117 e. The first-order valence-electron chi connectivity index (χ1n) is 5.08. The summed E-state index contributed by atoms with van der Waals surface area (Å²) in [6, 6.07) is 5.66. The van der Waals surface area contributed by atoms with E-state index >= 15 is 0 Å². The normalized spacial score (nSPS) is 15.8. The molecule has 76 valence electrons. The summed E-state index contributed by atoms with van der Waals surface area (Å²) in [7, 11) is 0. The zero-order valence-corrected chi connectivity index (χ0v) is 9.04. The highest BCUT2D eigenvalue weighted by Crippen LogP contribution is 2.35. The smallest absolute Gasteiger partial charge is 0.117 e. The van der Waals surface area contributed by atoms with Crippen molar-refractivity contribution in [3.8, 4) is 5.75 Å². The molecule has 0 saturated carbocycles. The van der Waals surface area contributed by atoms with E-state index in [1.165, 1.54) is 11.3 Å². The minimum atomic E-state index is 0.138. The fraction of sp³-hybridized carbons (Fsp3) is 0.500. The van der Waals surface area contributed by atoms with Gasteiger partial charge in [-0.15, -0.1) is 0 Å². The third kappa shape index (κ3) is 1.45. The molecule has 0 amide bonds. The third-order valence-electron chi connectivity index (χ3n) is 2.77. The van der Waals surface area contributed by atoms with Gasteiger partial charge in [0, 0.05) is 23.8 Å². The van der Waals surface area contributed by atoms with Crippen LogP contribution in [-0.4, -0.2) is 17.2 Å². The van der Waals surface area contributed by atoms with Gasteiger partial charge in [-0.2, -0.15) is 0 Å². The van der Waals surface area contributed by atoms with Gasteiger partial charge in [-0.3, -0.25) is 0 Å². The summed E-state index contributed by atoms with van der Waals surface area (Å²) in [4.78, 5) is 2.35. The Morgan fingerprint density at radius 1 is 1.29 bits per heavy atom. The average Bonchev–Trinajstić information content (AvgIpc) is 2.45. The maximum atomic E-state index is 9.45. The number of anilines is 1. The Hall–Kier alpha value is -1.18. The first-order valence-corrected chi connectivity index (χ1v) is 5.08. The van der Waals surface area contributed by atoms with Crippen molar-refractivity contribution >= 4 is 5.69 Å². The number of hydrogen-bond acceptors (Lipinski definition) is 2. The fourth-order valence-electron chi connectivity index (χ4n) is 2.06. The van der Waals surface area contributed by atoms with Crippen LogP contribution in [0.3, 0.4) is 0 Å². The topological polar surface area (TPSA) is 23.5 Å². The minimum Gasteiger partial charge on any atom is -0.508 e. The summed E-state index contributed by atoms with van der Waals surface area (Å²) in [6.45, 7) is 7.66. The Labute approximate surface area is 85.2 Å². The summed E-state index contributed by atoms with van der Waals surface area (Å²) in [5.41, 5.74) is 2.68. The Kier molecular flexibility index (Phi) is 1.95. The second-order valence-corrected chi connectivity index (χ2v) is 4.89. The van der Waals surface area contributed by atoms with Crippen LogP contribution >= 0.6 is 0 Å². The molecule has 0 radical (unpaired) electrons. The summed E-state index contributed by atoms with van der Waals surface area (Å²) < 4.78 is 0. The molecule has 0 aromatic heterocycles. The zero-order chi connectivity index (χ0) is 10.3. The number of phenolic OH excluding ortho intramolecular Hbond substituents is 1. The van der Waals surface area contributed by atoms with Crippen molar-refractivity contribution in [2.24, 2.45) is 0 Å². The standard InChI is InChI=1S/C12H17NO/c1-12(2,3)13-7-6-9-4-5-10(14)8-11(9)13/h4-5,8,14H,6-7H2,1-3H3. The lowest BCUT2D eigenvalue weighted by Crippen LogP contribution is -2.40. The summed E-state index contributed by atoms with van der Waals surface area (Å²) in [5.74, 6) is 0.361. The molecule has 0 spiro atoms. The number of aromatic hydroxyl groups is 1. The molecule has 2 nitrogen and oxygen atoms in total. The second kappa shape index (κ2) is 2.91. The van der Waals surface area contributed by atoms with E-state index in [2.05, 4.69) is 25.7 Å². The number of phenols is 1. The molecule has 0 fully saturated rings. The van der Waals surface area contributed by atoms with E-state index in [1.807, 2.05) is 12.1 Å². The first kappa shape index (κ1) is 9.38. The highest BCUT2D eigenvalue weighted by Gasteiger charge is 2.28. The van der Waals surface area contributed by atoms with E-state index in [1.54, 1.807) is 6.07 Å². The molecule has 0 aliphatic carbocycles. The van der Waals surface area contributed by atoms with Crippen molar-refractivity contribution in [3.05, 3.63) is 23.8 Å². The molecule has 0 unspecified atom stereocenters. The molecule has 0 saturated heterocycles. The molecule has 1 heterocycles. The van der Waals surface area contributed by atoms with Crippen molar-refractivity contribution in [2.45, 2.75) is 32.7 Å². The van der Waals surface area contributed by atoms with E-state index in [0.29, 0.717) is 5.75 Å². The molecule has 2 rings (SSSR count). The summed E-state index contributed by atoms with van der Waals surface area (Å²) in [5, 5.41) is 9.45. The SMILES string of the molecule is CC(C)(C)N1CCc2ccc(O)cc21. The van der Waals surface area contributed by atoms with E-state index in [9.17, 15) is 5.11 Å². The summed E-state index contributed by atoms with van der Waals surface area (Å²) >= 11 is 0. The van der Waals surface area contributed by atoms with Crippen molar-refractivity contribution in [1.82, 2.24) is 0 Å². The molecule has 0 atom stereocenters. The number of fused-ring (bicyclic) bond motifs is 1. The number of rotatable bonds is 0. The van der Waals surface area contributed by atoms with Gasteiger partial charge in [0.1, 0.15) is 5.75 Å². The average molecular weight is 191 g/mol. The van der Waals surface area contributed by atoms with E-state index < -0.39 is 0 Å². The van der Waals surface area contributed by atoms with Gasteiger partial charge in [0.15, 0.2) is 0 Å². The van der Waals surface area contributed by atoms with Crippen molar-refractivity contribution in [3.63, 3.8) is 0 Å². The van der Waals surface area contributed by atoms with Gasteiger partial charge in [-0.1, -0.05) is 6.07 Å². The fourth-order valence-corrected chi connectivity index (χ4v) is 2.06. The number of hydrogen-bond donors (Lipinski definition) is 1. The molecule has 1 aromatic carbocycles. The van der Waals surface area contributed by atoms with Gasteiger partial charge >= 0.3 is 0 Å². The third-order valence-corrected chi connectivity index (χ3v) is 2.77. The van der Waals surface area contributed by atoms with Crippen LogP contribution in [0.25, 0.3) is 0 Å². The molecule has 14 heavy (non-hydrogen) atoms. The molecule has 1 aliphatic rings. The van der Waals surface area contributed by atoms with Gasteiger partial charge in [0.05, 0.1) is 0 Å². The Bertz CT molecular complexity index is 352. The Morgan fingerprint density at radius 2 is 2.00 bits per heavy atom. The van der Waals surface area contributed by atoms with Crippen LogP contribution in [0.1, 0.15) is 26.3 Å². The molecule has 1 aliphatic heterocycles. The van der Waals surface area contributed by atoms with E-state index in [0.717, 1.165) is 13.0 Å². The van der Waals surface area contributed by atoms with Crippen LogP contribution in [-0.2, 0) is 6.42 Å². The van der Waals surface area contributed by atoms with Crippen molar-refractivity contribution in [1.29, 1.82) is 0 Å². The lowest BCUT2D eigenvalue weighted by atomic mass is 10.1. The van der Waals surface area contributed by atoms with Crippen LogP contribution in [0, 0.1) is 0 Å². The minimum absolute atomic E-state index is 0.138. The molecule has 1 N–H and O–H groups in total. The van der Waals surface area contributed by atoms with Gasteiger partial charge in [0.25, 0.3) is 0 Å². The molecular weight excluding hydrogens is 174 g/mol. The highest BCUT2D eigenvalue weighted by atomic mass is 16.3. The van der Waals surface area contributed by atoms with Crippen LogP contribution in [0.15, 0.2) is 18.2 Å². The van der Waals surface area contributed by atoms with Crippen molar-refractivity contribution < 1.29 is 5.11 Å². The predicted octanol–water partition coefficient (Wildman–Crippen LogP) is 2.55. The van der Waals surface area contributed by atoms with Crippen LogP contribution in [0.5, 0.6) is 5.75 Å². The van der Waals surface area contributed by atoms with Gasteiger partial charge in [0.2, 0.25) is 0 Å². The quantitative estimate of drug-likeness (QED) is 0.681. The molecule has 1 aromatic rings. The van der Waals surface area contributed by atoms with Gasteiger partial charge < -0.3 is 10.0 Å². The van der Waals surface area contributed by atoms with Gasteiger partial charge in [-0.05, 0) is 38.8 Å². The van der Waals surface area contributed by atoms with Crippen LogP contribution in [0.4, 0.5) is 5.69 Å². The molecule has 0 bridgehead atoms. The monoisotopic (exact) mass is 191 g/mol. The largest absolute Gasteiger partial charge is 0.508 e. The second-order valence-electron chi connectivity index (χ2n) is 4.89.